The molecule has 0 aliphatic heterocycles. The third kappa shape index (κ3) is 3.09. The van der Waals surface area contributed by atoms with Gasteiger partial charge in [0, 0.05) is 4.47 Å². The van der Waals surface area contributed by atoms with E-state index in [4.69, 9.17) is 11.6 Å². The van der Waals surface area contributed by atoms with Gasteiger partial charge in [0.25, 0.3) is 5.91 Å². The van der Waals surface area contributed by atoms with Crippen molar-refractivity contribution in [1.82, 2.24) is 4.98 Å². The molecule has 0 spiro atoms. The molecule has 2 aromatic rings. The highest BCUT2D eigenvalue weighted by Crippen LogP contribution is 2.28. The van der Waals surface area contributed by atoms with Gasteiger partial charge < -0.3 is 0 Å². The maximum atomic E-state index is 11.9. The van der Waals surface area contributed by atoms with Crippen LogP contribution in [0.15, 0.2) is 28.9 Å². The predicted molar refractivity (Wildman–Crippen MR) is 75.9 cm³/mol. The van der Waals surface area contributed by atoms with Crippen molar-refractivity contribution in [2.45, 2.75) is 0 Å². The van der Waals surface area contributed by atoms with Crippen molar-refractivity contribution in [1.29, 1.82) is 0 Å². The first-order valence-corrected chi connectivity index (χ1v) is 6.83. The van der Waals surface area contributed by atoms with Crippen LogP contribution in [0.1, 0.15) is 10.4 Å². The summed E-state index contributed by atoms with van der Waals surface area (Å²) < 4.78 is 0.590. The Morgan fingerprint density at radius 2 is 2.26 bits per heavy atom. The average Bonchev–Trinajstić information content (AvgIpc) is 2.81. The Morgan fingerprint density at radius 1 is 1.53 bits per heavy atom. The van der Waals surface area contributed by atoms with Gasteiger partial charge in [-0.1, -0.05) is 17.7 Å². The molecule has 6 nitrogen and oxygen atoms in total. The molecule has 1 heterocycles. The van der Waals surface area contributed by atoms with Crippen molar-refractivity contribution in [2.75, 3.05) is 5.32 Å². The summed E-state index contributed by atoms with van der Waals surface area (Å²) in [6.45, 7) is 0. The molecule has 1 aromatic heterocycles. The maximum absolute atomic E-state index is 11.9. The molecule has 2 rings (SSSR count). The van der Waals surface area contributed by atoms with Crippen molar-refractivity contribution < 1.29 is 9.72 Å². The van der Waals surface area contributed by atoms with Gasteiger partial charge in [-0.3, -0.25) is 20.2 Å². The summed E-state index contributed by atoms with van der Waals surface area (Å²) in [6.07, 6.45) is 1.09. The highest BCUT2D eigenvalue weighted by molar-refractivity contribution is 9.10. The van der Waals surface area contributed by atoms with Gasteiger partial charge in [0.1, 0.15) is 6.20 Å². The first-order chi connectivity index (χ1) is 8.99. The first-order valence-electron chi connectivity index (χ1n) is 4.84. The van der Waals surface area contributed by atoms with Gasteiger partial charge in [-0.25, -0.2) is 4.98 Å². The number of benzene rings is 1. The van der Waals surface area contributed by atoms with E-state index in [2.05, 4.69) is 26.2 Å². The summed E-state index contributed by atoms with van der Waals surface area (Å²) in [7, 11) is 0. The van der Waals surface area contributed by atoms with E-state index >= 15 is 0 Å². The highest BCUT2D eigenvalue weighted by atomic mass is 79.9. The summed E-state index contributed by atoms with van der Waals surface area (Å²) in [5, 5.41) is 13.2. The molecule has 0 fully saturated rings. The molecule has 0 saturated carbocycles. The molecule has 0 atom stereocenters. The van der Waals surface area contributed by atoms with Crippen molar-refractivity contribution >= 4 is 54.9 Å². The van der Waals surface area contributed by atoms with E-state index < -0.39 is 10.8 Å². The van der Waals surface area contributed by atoms with Gasteiger partial charge in [0.05, 0.1) is 15.5 Å². The Hall–Kier alpha value is -1.51. The summed E-state index contributed by atoms with van der Waals surface area (Å²) >= 11 is 9.96. The molecule has 0 aliphatic rings. The number of carbonyl (C=O) groups excluding carboxylic acids is 1. The molecule has 1 aromatic carbocycles. The van der Waals surface area contributed by atoms with Gasteiger partial charge in [0.15, 0.2) is 5.13 Å². The molecule has 0 radical (unpaired) electrons. The minimum absolute atomic E-state index is 0.143. The minimum Gasteiger partial charge on any atom is -0.298 e. The molecule has 1 amide bonds. The Labute approximate surface area is 124 Å². The Balaban J connectivity index is 2.21. The van der Waals surface area contributed by atoms with E-state index in [9.17, 15) is 14.9 Å². The number of hydrogen-bond donors (Lipinski definition) is 1. The second-order valence-electron chi connectivity index (χ2n) is 3.32. The number of nitrogens with one attached hydrogen (secondary N) is 1. The number of anilines is 1. The summed E-state index contributed by atoms with van der Waals surface area (Å²) in [5.41, 5.74) is 0.258. The lowest BCUT2D eigenvalue weighted by atomic mass is 10.2. The van der Waals surface area contributed by atoms with E-state index in [1.54, 1.807) is 18.2 Å². The third-order valence-corrected chi connectivity index (χ3v) is 4.25. The number of nitro groups is 1. The average molecular weight is 363 g/mol. The standard InChI is InChI=1S/C10H5BrClN3O3S/c11-6-3-1-2-5(8(6)12)9(16)14-10-13-4-7(19-10)15(17)18/h1-4H,(H,13,14,16). The SMILES string of the molecule is O=C(Nc1ncc([N+](=O)[O-])s1)c1cccc(Br)c1Cl. The smallest absolute Gasteiger partial charge is 0.298 e. The number of rotatable bonds is 3. The second kappa shape index (κ2) is 5.64. The largest absolute Gasteiger partial charge is 0.345 e. The molecular weight excluding hydrogens is 358 g/mol. The number of thiazole rings is 1. The lowest BCUT2D eigenvalue weighted by molar-refractivity contribution is -0.380. The van der Waals surface area contributed by atoms with Crippen LogP contribution in [0, 0.1) is 10.1 Å². The van der Waals surface area contributed by atoms with Crippen LogP contribution < -0.4 is 5.32 Å². The van der Waals surface area contributed by atoms with Crippen LogP contribution in [0.5, 0.6) is 0 Å². The zero-order chi connectivity index (χ0) is 14.0. The van der Waals surface area contributed by atoms with Crippen molar-refractivity contribution in [3.63, 3.8) is 0 Å². The molecule has 0 unspecified atom stereocenters. The molecule has 0 bridgehead atoms. The van der Waals surface area contributed by atoms with E-state index in [1.165, 1.54) is 0 Å². The molecular formula is C10H5BrClN3O3S. The van der Waals surface area contributed by atoms with Crippen LogP contribution in [-0.4, -0.2) is 15.8 Å². The van der Waals surface area contributed by atoms with Crippen molar-refractivity contribution in [2.24, 2.45) is 0 Å². The van der Waals surface area contributed by atoms with Crippen molar-refractivity contribution in [3.8, 4) is 0 Å². The summed E-state index contributed by atoms with van der Waals surface area (Å²) in [4.78, 5) is 25.6. The monoisotopic (exact) mass is 361 g/mol. The number of nitrogens with zero attached hydrogens (tertiary/aromatic N) is 2. The predicted octanol–water partition coefficient (Wildman–Crippen LogP) is 3.72. The molecule has 0 aliphatic carbocycles. The highest BCUT2D eigenvalue weighted by Gasteiger charge is 2.16. The van der Waals surface area contributed by atoms with Crippen LogP contribution in [0.25, 0.3) is 0 Å². The van der Waals surface area contributed by atoms with Crippen LogP contribution >= 0.6 is 38.9 Å². The lowest BCUT2D eigenvalue weighted by Gasteiger charge is -2.04. The first kappa shape index (κ1) is 13.9. The van der Waals surface area contributed by atoms with E-state index in [0.717, 1.165) is 17.5 Å². The molecule has 9 heteroatoms. The quantitative estimate of drug-likeness (QED) is 0.666. The van der Waals surface area contributed by atoms with Crippen LogP contribution in [-0.2, 0) is 0 Å². The number of carbonyl (C=O) groups is 1. The fraction of sp³-hybridized carbons (Fsp3) is 0. The summed E-state index contributed by atoms with van der Waals surface area (Å²) in [5.74, 6) is -0.476. The minimum atomic E-state index is -0.570. The van der Waals surface area contributed by atoms with Gasteiger partial charge >= 0.3 is 5.00 Å². The van der Waals surface area contributed by atoms with E-state index in [0.29, 0.717) is 4.47 Å². The van der Waals surface area contributed by atoms with Crippen LogP contribution in [0.4, 0.5) is 10.1 Å². The normalized spacial score (nSPS) is 10.2. The van der Waals surface area contributed by atoms with E-state index in [1.807, 2.05) is 0 Å². The molecule has 19 heavy (non-hydrogen) atoms. The van der Waals surface area contributed by atoms with Gasteiger partial charge in [-0.2, -0.15) is 0 Å². The topological polar surface area (TPSA) is 85.1 Å². The molecule has 0 saturated heterocycles. The molecule has 98 valence electrons. The lowest BCUT2D eigenvalue weighted by Crippen LogP contribution is -2.12. The van der Waals surface area contributed by atoms with Crippen LogP contribution in [0.3, 0.4) is 0 Å². The number of halogens is 2. The second-order valence-corrected chi connectivity index (χ2v) is 5.56. The maximum Gasteiger partial charge on any atom is 0.345 e. The number of amides is 1. The van der Waals surface area contributed by atoms with Gasteiger partial charge in [0.2, 0.25) is 0 Å². The van der Waals surface area contributed by atoms with Crippen molar-refractivity contribution in [3.05, 3.63) is 49.6 Å². The van der Waals surface area contributed by atoms with Crippen LogP contribution in [0.2, 0.25) is 5.02 Å². The summed E-state index contributed by atoms with van der Waals surface area (Å²) in [6, 6.07) is 4.91. The van der Waals surface area contributed by atoms with Gasteiger partial charge in [-0.15, -0.1) is 0 Å². The molecule has 1 N–H and O–H groups in total. The zero-order valence-electron chi connectivity index (χ0n) is 9.09. The van der Waals surface area contributed by atoms with E-state index in [-0.39, 0.29) is 20.7 Å². The number of aromatic nitrogens is 1. The fourth-order valence-corrected chi connectivity index (χ4v) is 2.46. The fourth-order valence-electron chi connectivity index (χ4n) is 1.25. The Morgan fingerprint density at radius 3 is 2.89 bits per heavy atom. The van der Waals surface area contributed by atoms with Gasteiger partial charge in [-0.05, 0) is 39.4 Å². The zero-order valence-corrected chi connectivity index (χ0v) is 12.3. The Kier molecular flexibility index (Phi) is 4.13. The number of hydrogen-bond acceptors (Lipinski definition) is 5. The Bertz CT molecular complexity index is 661. The third-order valence-electron chi connectivity index (χ3n) is 2.09.